The van der Waals surface area contributed by atoms with Gasteiger partial charge in [0.2, 0.25) is 5.91 Å². The van der Waals surface area contributed by atoms with E-state index in [9.17, 15) is 4.79 Å². The third kappa shape index (κ3) is 4.23. The topological polar surface area (TPSA) is 41.6 Å². The zero-order valence-electron chi connectivity index (χ0n) is 10.2. The second-order valence-electron chi connectivity index (χ2n) is 3.90. The maximum Gasteiger partial charge on any atom is 0.236 e. The molecular weight excluding hydrogens is 204 g/mol. The minimum atomic E-state index is 0.163. The van der Waals surface area contributed by atoms with Crippen molar-refractivity contribution < 1.29 is 9.53 Å². The van der Waals surface area contributed by atoms with E-state index in [4.69, 9.17) is 4.74 Å². The molecular formula is C12H22N2O2. The van der Waals surface area contributed by atoms with Gasteiger partial charge in [0.05, 0.1) is 12.8 Å². The van der Waals surface area contributed by atoms with E-state index < -0.39 is 0 Å². The molecule has 0 saturated heterocycles. The molecule has 1 amide bonds. The van der Waals surface area contributed by atoms with Gasteiger partial charge in [-0.3, -0.25) is 4.79 Å². The molecule has 0 saturated carbocycles. The summed E-state index contributed by atoms with van der Waals surface area (Å²) < 4.78 is 5.40. The fourth-order valence-electron chi connectivity index (χ4n) is 1.76. The molecule has 0 radical (unpaired) electrons. The standard InChI is InChI=1S/C12H22N2O2/c1-3-14(4-2)12(15)10-13-9-11-7-5-6-8-16-11/h6,8,11,13H,3-5,7,9-10H2,1-2H3. The van der Waals surface area contributed by atoms with E-state index in [1.165, 1.54) is 0 Å². The summed E-state index contributed by atoms with van der Waals surface area (Å²) in [5.74, 6) is 0.163. The normalized spacial score (nSPS) is 19.2. The summed E-state index contributed by atoms with van der Waals surface area (Å²) in [5, 5.41) is 3.15. The van der Waals surface area contributed by atoms with Crippen LogP contribution in [0.5, 0.6) is 0 Å². The second-order valence-corrected chi connectivity index (χ2v) is 3.90. The smallest absolute Gasteiger partial charge is 0.236 e. The van der Waals surface area contributed by atoms with Crippen LogP contribution in [0.2, 0.25) is 0 Å². The maximum absolute atomic E-state index is 11.7. The van der Waals surface area contributed by atoms with Crippen LogP contribution in [-0.4, -0.2) is 43.1 Å². The molecule has 1 unspecified atom stereocenters. The van der Waals surface area contributed by atoms with E-state index in [-0.39, 0.29) is 12.0 Å². The van der Waals surface area contributed by atoms with Crippen LogP contribution < -0.4 is 5.32 Å². The van der Waals surface area contributed by atoms with E-state index in [0.29, 0.717) is 6.54 Å². The Balaban J connectivity index is 2.14. The van der Waals surface area contributed by atoms with Gasteiger partial charge in [-0.25, -0.2) is 0 Å². The van der Waals surface area contributed by atoms with Gasteiger partial charge >= 0.3 is 0 Å². The van der Waals surface area contributed by atoms with E-state index in [2.05, 4.69) is 5.32 Å². The van der Waals surface area contributed by atoms with E-state index >= 15 is 0 Å². The average molecular weight is 226 g/mol. The van der Waals surface area contributed by atoms with Gasteiger partial charge in [0.25, 0.3) is 0 Å². The fraction of sp³-hybridized carbons (Fsp3) is 0.750. The highest BCUT2D eigenvalue weighted by Crippen LogP contribution is 2.08. The first-order valence-corrected chi connectivity index (χ1v) is 6.06. The summed E-state index contributed by atoms with van der Waals surface area (Å²) in [6.45, 7) is 6.70. The second kappa shape index (κ2) is 7.28. The number of carbonyl (C=O) groups excluding carboxylic acids is 1. The molecule has 0 aliphatic carbocycles. The number of amides is 1. The van der Waals surface area contributed by atoms with Gasteiger partial charge in [-0.15, -0.1) is 0 Å². The molecule has 92 valence electrons. The van der Waals surface area contributed by atoms with Gasteiger partial charge in [-0.05, 0) is 32.8 Å². The van der Waals surface area contributed by atoms with E-state index in [0.717, 1.165) is 32.5 Å². The molecule has 0 aromatic rings. The van der Waals surface area contributed by atoms with Crippen molar-refractivity contribution in [1.82, 2.24) is 10.2 Å². The molecule has 0 fully saturated rings. The molecule has 0 aromatic carbocycles. The summed E-state index contributed by atoms with van der Waals surface area (Å²) >= 11 is 0. The zero-order chi connectivity index (χ0) is 11.8. The van der Waals surface area contributed by atoms with Crippen LogP contribution in [0.15, 0.2) is 12.3 Å². The number of allylic oxidation sites excluding steroid dienone is 1. The lowest BCUT2D eigenvalue weighted by molar-refractivity contribution is -0.129. The summed E-state index contributed by atoms with van der Waals surface area (Å²) in [6, 6.07) is 0. The number of nitrogens with one attached hydrogen (secondary N) is 1. The Bertz CT molecular complexity index is 237. The molecule has 4 nitrogen and oxygen atoms in total. The van der Waals surface area contributed by atoms with Gasteiger partial charge in [0.1, 0.15) is 6.10 Å². The highest BCUT2D eigenvalue weighted by Gasteiger charge is 2.12. The maximum atomic E-state index is 11.7. The van der Waals surface area contributed by atoms with Crippen molar-refractivity contribution in [1.29, 1.82) is 0 Å². The van der Waals surface area contributed by atoms with Crippen LogP contribution in [-0.2, 0) is 9.53 Å². The molecule has 1 N–H and O–H groups in total. The van der Waals surface area contributed by atoms with Crippen molar-refractivity contribution >= 4 is 5.91 Å². The Labute approximate surface area is 97.6 Å². The minimum absolute atomic E-state index is 0.163. The minimum Gasteiger partial charge on any atom is -0.497 e. The molecule has 1 aliphatic rings. The molecule has 0 bridgehead atoms. The highest BCUT2D eigenvalue weighted by atomic mass is 16.5. The Morgan fingerprint density at radius 2 is 2.25 bits per heavy atom. The highest BCUT2D eigenvalue weighted by molar-refractivity contribution is 5.78. The predicted octanol–water partition coefficient (Wildman–Crippen LogP) is 1.14. The third-order valence-corrected chi connectivity index (χ3v) is 2.79. The lowest BCUT2D eigenvalue weighted by Gasteiger charge is -2.22. The number of hydrogen-bond donors (Lipinski definition) is 1. The number of carbonyl (C=O) groups is 1. The largest absolute Gasteiger partial charge is 0.497 e. The average Bonchev–Trinajstić information content (AvgIpc) is 2.32. The molecule has 0 aromatic heterocycles. The molecule has 1 heterocycles. The number of likely N-dealkylation sites (N-methyl/N-ethyl adjacent to an activating group) is 1. The van der Waals surface area contributed by atoms with E-state index in [1.54, 1.807) is 6.26 Å². The lowest BCUT2D eigenvalue weighted by atomic mass is 10.1. The summed E-state index contributed by atoms with van der Waals surface area (Å²) in [5.41, 5.74) is 0. The van der Waals surface area contributed by atoms with Crippen LogP contribution in [0.25, 0.3) is 0 Å². The van der Waals surface area contributed by atoms with Gasteiger partial charge in [-0.2, -0.15) is 0 Å². The molecule has 0 spiro atoms. The monoisotopic (exact) mass is 226 g/mol. The fourth-order valence-corrected chi connectivity index (χ4v) is 1.76. The number of nitrogens with zero attached hydrogens (tertiary/aromatic N) is 1. The first-order chi connectivity index (χ1) is 7.77. The summed E-state index contributed by atoms with van der Waals surface area (Å²) in [7, 11) is 0. The number of ether oxygens (including phenoxy) is 1. The van der Waals surface area contributed by atoms with Crippen LogP contribution >= 0.6 is 0 Å². The molecule has 1 rings (SSSR count). The van der Waals surface area contributed by atoms with Gasteiger partial charge < -0.3 is 15.0 Å². The molecule has 4 heteroatoms. The van der Waals surface area contributed by atoms with Crippen molar-refractivity contribution in [3.63, 3.8) is 0 Å². The van der Waals surface area contributed by atoms with Gasteiger partial charge in [-0.1, -0.05) is 0 Å². The Hall–Kier alpha value is -1.03. The summed E-state index contributed by atoms with van der Waals surface area (Å²) in [4.78, 5) is 13.5. The third-order valence-electron chi connectivity index (χ3n) is 2.79. The molecule has 1 aliphatic heterocycles. The molecule has 1 atom stereocenters. The van der Waals surface area contributed by atoms with Crippen LogP contribution in [0, 0.1) is 0 Å². The van der Waals surface area contributed by atoms with Crippen molar-refractivity contribution in [2.75, 3.05) is 26.2 Å². The Kier molecular flexibility index (Phi) is 5.93. The van der Waals surface area contributed by atoms with Crippen molar-refractivity contribution in [3.05, 3.63) is 12.3 Å². The Morgan fingerprint density at radius 3 is 2.81 bits per heavy atom. The quantitative estimate of drug-likeness (QED) is 0.738. The number of hydrogen-bond acceptors (Lipinski definition) is 3. The van der Waals surface area contributed by atoms with Crippen molar-refractivity contribution in [2.45, 2.75) is 32.8 Å². The van der Waals surface area contributed by atoms with Gasteiger partial charge in [0.15, 0.2) is 0 Å². The van der Waals surface area contributed by atoms with Crippen molar-refractivity contribution in [2.24, 2.45) is 0 Å². The Morgan fingerprint density at radius 1 is 1.50 bits per heavy atom. The van der Waals surface area contributed by atoms with Crippen molar-refractivity contribution in [3.8, 4) is 0 Å². The first kappa shape index (κ1) is 13.0. The van der Waals surface area contributed by atoms with Crippen LogP contribution in [0.3, 0.4) is 0 Å². The summed E-state index contributed by atoms with van der Waals surface area (Å²) in [6.07, 6.45) is 6.09. The SMILES string of the molecule is CCN(CC)C(=O)CNCC1CCC=CO1. The zero-order valence-corrected chi connectivity index (χ0v) is 10.2. The van der Waals surface area contributed by atoms with Gasteiger partial charge in [0, 0.05) is 19.6 Å². The van der Waals surface area contributed by atoms with Crippen LogP contribution in [0.1, 0.15) is 26.7 Å². The number of rotatable bonds is 6. The van der Waals surface area contributed by atoms with Crippen LogP contribution in [0.4, 0.5) is 0 Å². The molecule has 16 heavy (non-hydrogen) atoms. The predicted molar refractivity (Wildman–Crippen MR) is 64.0 cm³/mol. The van der Waals surface area contributed by atoms with E-state index in [1.807, 2.05) is 24.8 Å². The first-order valence-electron chi connectivity index (χ1n) is 6.06. The lowest BCUT2D eigenvalue weighted by Crippen LogP contribution is -2.40.